The van der Waals surface area contributed by atoms with Gasteiger partial charge in [-0.3, -0.25) is 14.4 Å². The number of hydrogen-bond acceptors (Lipinski definition) is 13. The van der Waals surface area contributed by atoms with Crippen LogP contribution >= 0.6 is 0 Å². The van der Waals surface area contributed by atoms with Crippen molar-refractivity contribution in [3.63, 3.8) is 0 Å². The number of aliphatic hydroxyl groups excluding tert-OH is 1. The van der Waals surface area contributed by atoms with Gasteiger partial charge in [0.15, 0.2) is 24.1 Å². The van der Waals surface area contributed by atoms with Gasteiger partial charge in [-0.1, -0.05) is 12.1 Å². The van der Waals surface area contributed by atoms with E-state index in [-0.39, 0.29) is 34.4 Å². The predicted molar refractivity (Wildman–Crippen MR) is 154 cm³/mol. The van der Waals surface area contributed by atoms with Crippen LogP contribution in [-0.2, 0) is 30.2 Å². The van der Waals surface area contributed by atoms with Crippen LogP contribution in [0.4, 0.5) is 0 Å². The SMILES string of the molecule is COc1cccc2c1C(=O)c1c(O)c3c(c(O)c1C2=O)C[C@@](O)(C(=O)CO)C[C@@H]3O[C@H]1C[C@@H](N)[C@@H](O[C@@H]2CCCCO2)[C@H](C)O1. The normalized spacial score (nSPS) is 31.1. The van der Waals surface area contributed by atoms with Crippen molar-refractivity contribution in [1.82, 2.24) is 0 Å². The molecule has 2 aromatic carbocycles. The lowest BCUT2D eigenvalue weighted by molar-refractivity contribution is -0.281. The van der Waals surface area contributed by atoms with Crippen molar-refractivity contribution < 1.29 is 58.5 Å². The molecule has 0 aromatic heterocycles. The van der Waals surface area contributed by atoms with E-state index >= 15 is 0 Å². The molecule has 2 fully saturated rings. The van der Waals surface area contributed by atoms with Gasteiger partial charge in [0.25, 0.3) is 0 Å². The number of aliphatic hydroxyl groups is 2. The lowest BCUT2D eigenvalue weighted by Crippen LogP contribution is -2.55. The van der Waals surface area contributed by atoms with Crippen LogP contribution in [0.15, 0.2) is 18.2 Å². The smallest absolute Gasteiger partial charge is 0.202 e. The van der Waals surface area contributed by atoms with E-state index in [9.17, 15) is 34.8 Å². The first-order valence-corrected chi connectivity index (χ1v) is 15.1. The Morgan fingerprint density at radius 2 is 1.82 bits per heavy atom. The Morgan fingerprint density at radius 1 is 1.07 bits per heavy atom. The van der Waals surface area contributed by atoms with Gasteiger partial charge in [0.05, 0.1) is 36.0 Å². The fraction of sp³-hybridized carbons (Fsp3) is 0.531. The van der Waals surface area contributed by atoms with Crippen molar-refractivity contribution in [3.8, 4) is 17.2 Å². The van der Waals surface area contributed by atoms with Crippen LogP contribution in [-0.4, -0.2) is 94.5 Å². The fourth-order valence-corrected chi connectivity index (χ4v) is 6.95. The van der Waals surface area contributed by atoms with Crippen molar-refractivity contribution in [2.75, 3.05) is 20.3 Å². The number of hydrogen-bond donors (Lipinski definition) is 5. The molecule has 0 amide bonds. The highest BCUT2D eigenvalue weighted by atomic mass is 16.7. The molecular formula is C32H37NO12. The van der Waals surface area contributed by atoms with Gasteiger partial charge >= 0.3 is 0 Å². The standard InChI is InChI=1S/C32H37NO12/c1-14-31(45-21-8-3-4-9-42-21)17(33)10-22(43-14)44-19-12-32(40,20(35)13-34)11-16-24(19)30(39)26-25(28(16)37)27(36)15-6-5-7-18(41-2)23(15)29(26)38/h5-7,14,17,19,21-22,31,34,37,39-40H,3-4,8-13,33H2,1-2H3/t14-,17+,19-,21+,22-,31-,32-/m0/s1. The van der Waals surface area contributed by atoms with Crippen LogP contribution in [0.1, 0.15) is 88.1 Å². The lowest BCUT2D eigenvalue weighted by atomic mass is 9.72. The molecule has 2 heterocycles. The number of Topliss-reactive ketones (excluding diaryl/α,β-unsaturated/α-hetero) is 1. The molecule has 0 spiro atoms. The fourth-order valence-electron chi connectivity index (χ4n) is 6.95. The maximum absolute atomic E-state index is 13.8. The molecule has 7 atom stereocenters. The monoisotopic (exact) mass is 627 g/mol. The van der Waals surface area contributed by atoms with Crippen molar-refractivity contribution in [1.29, 1.82) is 0 Å². The van der Waals surface area contributed by atoms with Gasteiger partial charge in [0.2, 0.25) is 5.78 Å². The molecule has 2 aliphatic heterocycles. The highest BCUT2D eigenvalue weighted by Crippen LogP contribution is 2.52. The third kappa shape index (κ3) is 5.31. The molecule has 2 aliphatic carbocycles. The van der Waals surface area contributed by atoms with Crippen LogP contribution < -0.4 is 10.5 Å². The van der Waals surface area contributed by atoms with Gasteiger partial charge in [0.1, 0.15) is 35.6 Å². The lowest BCUT2D eigenvalue weighted by Gasteiger charge is -2.43. The second-order valence-corrected chi connectivity index (χ2v) is 12.1. The molecule has 2 aromatic rings. The maximum atomic E-state index is 13.8. The number of phenolic OH excluding ortho intramolecular Hbond substituents is 2. The number of ether oxygens (including phenoxy) is 5. The first-order chi connectivity index (χ1) is 21.5. The Kier molecular flexibility index (Phi) is 8.46. The summed E-state index contributed by atoms with van der Waals surface area (Å²) >= 11 is 0. The van der Waals surface area contributed by atoms with Crippen LogP contribution in [0.5, 0.6) is 17.2 Å². The number of phenols is 2. The number of nitrogens with two attached hydrogens (primary N) is 1. The zero-order valence-electron chi connectivity index (χ0n) is 25.0. The number of fused-ring (bicyclic) bond motifs is 3. The molecular weight excluding hydrogens is 590 g/mol. The molecule has 2 saturated heterocycles. The second-order valence-electron chi connectivity index (χ2n) is 12.1. The van der Waals surface area contributed by atoms with Gasteiger partial charge in [-0.25, -0.2) is 0 Å². The molecule has 13 nitrogen and oxygen atoms in total. The summed E-state index contributed by atoms with van der Waals surface area (Å²) in [5.74, 6) is -3.67. The third-order valence-electron chi connectivity index (χ3n) is 9.22. The summed E-state index contributed by atoms with van der Waals surface area (Å²) in [6.07, 6.45) is -2.03. The number of aromatic hydroxyl groups is 2. The molecule has 6 rings (SSSR count). The summed E-state index contributed by atoms with van der Waals surface area (Å²) in [7, 11) is 1.34. The van der Waals surface area contributed by atoms with Gasteiger partial charge in [-0.15, -0.1) is 0 Å². The average molecular weight is 628 g/mol. The minimum absolute atomic E-state index is 0.0409. The minimum Gasteiger partial charge on any atom is -0.507 e. The van der Waals surface area contributed by atoms with Crippen molar-refractivity contribution in [2.45, 2.75) is 88.0 Å². The first kappa shape index (κ1) is 31.5. The Morgan fingerprint density at radius 3 is 2.49 bits per heavy atom. The van der Waals surface area contributed by atoms with E-state index in [1.807, 2.05) is 0 Å². The highest BCUT2D eigenvalue weighted by Gasteiger charge is 2.50. The van der Waals surface area contributed by atoms with Gasteiger partial charge < -0.3 is 49.8 Å². The molecule has 0 bridgehead atoms. The Bertz CT molecular complexity index is 1520. The average Bonchev–Trinajstić information content (AvgIpc) is 3.02. The van der Waals surface area contributed by atoms with Crippen molar-refractivity contribution >= 4 is 17.3 Å². The van der Waals surface area contributed by atoms with Gasteiger partial charge in [-0.2, -0.15) is 0 Å². The molecule has 0 saturated carbocycles. The topological polar surface area (TPSA) is 204 Å². The number of carbonyl (C=O) groups excluding carboxylic acids is 3. The molecule has 6 N–H and O–H groups in total. The van der Waals surface area contributed by atoms with Crippen molar-refractivity contribution in [3.05, 3.63) is 51.6 Å². The number of carbonyl (C=O) groups is 3. The summed E-state index contributed by atoms with van der Waals surface area (Å²) in [5.41, 5.74) is 2.98. The number of benzene rings is 2. The quantitative estimate of drug-likeness (QED) is 0.236. The zero-order valence-corrected chi connectivity index (χ0v) is 25.0. The summed E-state index contributed by atoms with van der Waals surface area (Å²) in [5, 5.41) is 44.2. The summed E-state index contributed by atoms with van der Waals surface area (Å²) in [6.45, 7) is 1.35. The minimum atomic E-state index is -2.24. The van der Waals surface area contributed by atoms with Gasteiger partial charge in [-0.05, 0) is 32.3 Å². The van der Waals surface area contributed by atoms with E-state index in [4.69, 9.17) is 29.4 Å². The summed E-state index contributed by atoms with van der Waals surface area (Å²) < 4.78 is 29.5. The molecule has 13 heteroatoms. The molecule has 242 valence electrons. The predicted octanol–water partition coefficient (Wildman–Crippen LogP) is 1.55. The van der Waals surface area contributed by atoms with E-state index in [1.165, 1.54) is 25.3 Å². The number of rotatable bonds is 7. The number of methoxy groups -OCH3 is 1. The summed E-state index contributed by atoms with van der Waals surface area (Å²) in [4.78, 5) is 40.2. The molecule has 45 heavy (non-hydrogen) atoms. The Balaban J connectivity index is 1.38. The van der Waals surface area contributed by atoms with Crippen LogP contribution in [0.25, 0.3) is 0 Å². The number of ketones is 3. The van der Waals surface area contributed by atoms with E-state index in [0.717, 1.165) is 19.3 Å². The molecule has 0 radical (unpaired) electrons. The van der Waals surface area contributed by atoms with E-state index in [2.05, 4.69) is 0 Å². The first-order valence-electron chi connectivity index (χ1n) is 15.1. The summed E-state index contributed by atoms with van der Waals surface area (Å²) in [6, 6.07) is 3.86. The van der Waals surface area contributed by atoms with Gasteiger partial charge in [0, 0.05) is 48.6 Å². The largest absolute Gasteiger partial charge is 0.507 e. The molecule has 0 unspecified atom stereocenters. The highest BCUT2D eigenvalue weighted by molar-refractivity contribution is 6.31. The van der Waals surface area contributed by atoms with E-state index in [0.29, 0.717) is 6.61 Å². The van der Waals surface area contributed by atoms with Crippen LogP contribution in [0, 0.1) is 0 Å². The zero-order chi connectivity index (χ0) is 32.2. The van der Waals surface area contributed by atoms with E-state index < -0.39 is 102 Å². The maximum Gasteiger partial charge on any atom is 0.202 e. The third-order valence-corrected chi connectivity index (χ3v) is 9.22. The van der Waals surface area contributed by atoms with Crippen LogP contribution in [0.3, 0.4) is 0 Å². The second kappa shape index (κ2) is 12.1. The molecule has 4 aliphatic rings. The Hall–Kier alpha value is -3.43. The Labute approximate surface area is 258 Å². The van der Waals surface area contributed by atoms with Crippen molar-refractivity contribution in [2.24, 2.45) is 5.73 Å². The van der Waals surface area contributed by atoms with E-state index in [1.54, 1.807) is 6.92 Å². The van der Waals surface area contributed by atoms with Crippen LogP contribution in [0.2, 0.25) is 0 Å².